The first-order valence-corrected chi connectivity index (χ1v) is 9.47. The molecule has 0 radical (unpaired) electrons. The molecule has 0 aromatic carbocycles. The normalized spacial score (nSPS) is 26.4. The number of imidazole rings is 1. The maximum absolute atomic E-state index is 12.7. The number of amides is 1. The lowest BCUT2D eigenvalue weighted by molar-refractivity contribution is -0.0390. The topological polar surface area (TPSA) is 72.3 Å². The fourth-order valence-electron chi connectivity index (χ4n) is 4.01. The Bertz CT molecular complexity index is 802. The van der Waals surface area contributed by atoms with Gasteiger partial charge in [-0.3, -0.25) is 9.69 Å². The smallest absolute Gasteiger partial charge is 0.253 e. The van der Waals surface area contributed by atoms with Crippen LogP contribution in [-0.2, 0) is 11.3 Å². The van der Waals surface area contributed by atoms with Gasteiger partial charge in [-0.15, -0.1) is 0 Å². The van der Waals surface area contributed by atoms with Gasteiger partial charge in [-0.1, -0.05) is 13.8 Å². The molecule has 1 N–H and O–H groups in total. The summed E-state index contributed by atoms with van der Waals surface area (Å²) in [5.41, 5.74) is 2.17. The van der Waals surface area contributed by atoms with E-state index in [9.17, 15) is 4.79 Å². The van der Waals surface area contributed by atoms with Crippen molar-refractivity contribution in [2.45, 2.75) is 51.9 Å². The highest BCUT2D eigenvalue weighted by Gasteiger charge is 2.36. The number of nitrogens with one attached hydrogen (secondary N) is 1. The van der Waals surface area contributed by atoms with E-state index in [-0.39, 0.29) is 18.1 Å². The molecule has 0 aliphatic carbocycles. The summed E-state index contributed by atoms with van der Waals surface area (Å²) in [6.07, 6.45) is 4.67. The van der Waals surface area contributed by atoms with Gasteiger partial charge in [-0.25, -0.2) is 9.97 Å². The Morgan fingerprint density at radius 2 is 2.23 bits per heavy atom. The Labute approximate surface area is 153 Å². The SMILES string of the molecule is CC(C)Cn1cnc2cc(C(=O)N[C@@H]3C[C@H]4CO[C@H](C)CN4C3)cnc21. The molecule has 26 heavy (non-hydrogen) atoms. The van der Waals surface area contributed by atoms with Gasteiger partial charge >= 0.3 is 0 Å². The molecule has 2 aliphatic heterocycles. The zero-order chi connectivity index (χ0) is 18.3. The molecule has 7 heteroatoms. The monoisotopic (exact) mass is 357 g/mol. The molecular formula is C19H27N5O2. The van der Waals surface area contributed by atoms with E-state index in [1.165, 1.54) is 0 Å². The Kier molecular flexibility index (Phi) is 4.67. The van der Waals surface area contributed by atoms with Crippen LogP contribution >= 0.6 is 0 Å². The first kappa shape index (κ1) is 17.4. The molecule has 140 valence electrons. The second-order valence-electron chi connectivity index (χ2n) is 8.02. The number of nitrogens with zero attached hydrogens (tertiary/aromatic N) is 4. The second kappa shape index (κ2) is 6.96. The maximum Gasteiger partial charge on any atom is 0.253 e. The minimum Gasteiger partial charge on any atom is -0.376 e. The maximum atomic E-state index is 12.7. The van der Waals surface area contributed by atoms with E-state index in [0.29, 0.717) is 17.5 Å². The number of hydrogen-bond acceptors (Lipinski definition) is 5. The van der Waals surface area contributed by atoms with Crippen LogP contribution in [0.1, 0.15) is 37.6 Å². The van der Waals surface area contributed by atoms with Crippen molar-refractivity contribution in [1.29, 1.82) is 0 Å². The van der Waals surface area contributed by atoms with Crippen LogP contribution in [0, 0.1) is 5.92 Å². The van der Waals surface area contributed by atoms with Crippen LogP contribution in [0.3, 0.4) is 0 Å². The fourth-order valence-corrected chi connectivity index (χ4v) is 4.01. The molecule has 4 rings (SSSR count). The molecule has 1 amide bonds. The van der Waals surface area contributed by atoms with Crippen LogP contribution in [0.5, 0.6) is 0 Å². The number of hydrogen-bond donors (Lipinski definition) is 1. The molecule has 2 aliphatic rings. The van der Waals surface area contributed by atoms with Crippen molar-refractivity contribution in [2.24, 2.45) is 5.92 Å². The van der Waals surface area contributed by atoms with Crippen molar-refractivity contribution in [3.8, 4) is 0 Å². The lowest BCUT2D eigenvalue weighted by Crippen LogP contribution is -2.45. The van der Waals surface area contributed by atoms with Crippen molar-refractivity contribution < 1.29 is 9.53 Å². The van der Waals surface area contributed by atoms with E-state index in [2.05, 4.69) is 41.0 Å². The summed E-state index contributed by atoms with van der Waals surface area (Å²) in [7, 11) is 0. The number of aromatic nitrogens is 3. The molecule has 0 spiro atoms. The van der Waals surface area contributed by atoms with Gasteiger partial charge in [-0.2, -0.15) is 0 Å². The van der Waals surface area contributed by atoms with Gasteiger partial charge in [0.05, 0.1) is 24.6 Å². The summed E-state index contributed by atoms with van der Waals surface area (Å²) in [5, 5.41) is 3.16. The molecule has 2 aromatic heterocycles. The van der Waals surface area contributed by atoms with Gasteiger partial charge in [0.25, 0.3) is 5.91 Å². The molecule has 0 unspecified atom stereocenters. The first-order chi connectivity index (χ1) is 12.5. The average molecular weight is 357 g/mol. The van der Waals surface area contributed by atoms with Crippen LogP contribution in [0.4, 0.5) is 0 Å². The van der Waals surface area contributed by atoms with Gasteiger partial charge in [0, 0.05) is 37.9 Å². The standard InChI is InChI=1S/C19H27N5O2/c1-12(2)7-24-11-21-17-4-14(6-20-18(17)24)19(25)22-15-5-16-10-26-13(3)8-23(16)9-15/h4,6,11-13,15-16H,5,7-10H2,1-3H3,(H,22,25)/t13-,15-,16+/m1/s1. The van der Waals surface area contributed by atoms with E-state index in [0.717, 1.165) is 43.8 Å². The molecule has 2 fully saturated rings. The lowest BCUT2D eigenvalue weighted by Gasteiger charge is -2.33. The van der Waals surface area contributed by atoms with Gasteiger partial charge in [0.2, 0.25) is 0 Å². The Morgan fingerprint density at radius 1 is 1.38 bits per heavy atom. The average Bonchev–Trinajstić information content (AvgIpc) is 3.17. The number of rotatable bonds is 4. The Balaban J connectivity index is 1.43. The third-order valence-corrected chi connectivity index (χ3v) is 5.21. The van der Waals surface area contributed by atoms with Crippen molar-refractivity contribution in [3.63, 3.8) is 0 Å². The summed E-state index contributed by atoms with van der Waals surface area (Å²) in [6, 6.07) is 2.42. The van der Waals surface area contributed by atoms with Gasteiger partial charge in [-0.05, 0) is 25.3 Å². The van der Waals surface area contributed by atoms with Crippen LogP contribution in [-0.4, -0.2) is 63.2 Å². The summed E-state index contributed by atoms with van der Waals surface area (Å²) in [6.45, 7) is 9.88. The minimum atomic E-state index is -0.0726. The van der Waals surface area contributed by atoms with E-state index in [4.69, 9.17) is 4.74 Å². The van der Waals surface area contributed by atoms with E-state index in [1.807, 2.05) is 10.6 Å². The quantitative estimate of drug-likeness (QED) is 0.901. The van der Waals surface area contributed by atoms with Gasteiger partial charge in [0.15, 0.2) is 5.65 Å². The van der Waals surface area contributed by atoms with E-state index >= 15 is 0 Å². The largest absolute Gasteiger partial charge is 0.376 e. The lowest BCUT2D eigenvalue weighted by atomic mass is 10.1. The highest BCUT2D eigenvalue weighted by Crippen LogP contribution is 2.23. The number of fused-ring (bicyclic) bond motifs is 2. The Hall–Kier alpha value is -1.99. The van der Waals surface area contributed by atoms with Gasteiger partial charge < -0.3 is 14.6 Å². The van der Waals surface area contributed by atoms with Crippen LogP contribution < -0.4 is 5.32 Å². The molecule has 0 bridgehead atoms. The zero-order valence-corrected chi connectivity index (χ0v) is 15.7. The molecule has 2 aromatic rings. The highest BCUT2D eigenvalue weighted by atomic mass is 16.5. The van der Waals surface area contributed by atoms with E-state index < -0.39 is 0 Å². The molecule has 7 nitrogen and oxygen atoms in total. The number of morpholine rings is 1. The molecule has 3 atom stereocenters. The van der Waals surface area contributed by atoms with Crippen molar-refractivity contribution >= 4 is 17.1 Å². The van der Waals surface area contributed by atoms with Crippen LogP contribution in [0.2, 0.25) is 0 Å². The van der Waals surface area contributed by atoms with Gasteiger partial charge in [0.1, 0.15) is 5.52 Å². The molecule has 2 saturated heterocycles. The molecule has 4 heterocycles. The second-order valence-corrected chi connectivity index (χ2v) is 8.02. The molecular weight excluding hydrogens is 330 g/mol. The summed E-state index contributed by atoms with van der Waals surface area (Å²) in [4.78, 5) is 24.0. The predicted octanol–water partition coefficient (Wildman–Crippen LogP) is 1.68. The third-order valence-electron chi connectivity index (χ3n) is 5.21. The fraction of sp³-hybridized carbons (Fsp3) is 0.632. The molecule has 0 saturated carbocycles. The van der Waals surface area contributed by atoms with E-state index in [1.54, 1.807) is 12.5 Å². The summed E-state index contributed by atoms with van der Waals surface area (Å²) in [5.74, 6) is 0.446. The number of ether oxygens (including phenoxy) is 1. The van der Waals surface area contributed by atoms with Crippen molar-refractivity contribution in [3.05, 3.63) is 24.2 Å². The minimum absolute atomic E-state index is 0.0726. The Morgan fingerprint density at radius 3 is 3.04 bits per heavy atom. The van der Waals surface area contributed by atoms with Crippen LogP contribution in [0.15, 0.2) is 18.6 Å². The number of carbonyl (C=O) groups excluding carboxylic acids is 1. The third kappa shape index (κ3) is 3.46. The van der Waals surface area contributed by atoms with Crippen molar-refractivity contribution in [1.82, 2.24) is 24.8 Å². The van der Waals surface area contributed by atoms with Crippen molar-refractivity contribution in [2.75, 3.05) is 19.7 Å². The first-order valence-electron chi connectivity index (χ1n) is 9.47. The predicted molar refractivity (Wildman–Crippen MR) is 99.0 cm³/mol. The zero-order valence-electron chi connectivity index (χ0n) is 15.7. The summed E-state index contributed by atoms with van der Waals surface area (Å²) >= 11 is 0. The van der Waals surface area contributed by atoms with Crippen LogP contribution in [0.25, 0.3) is 11.2 Å². The number of pyridine rings is 1. The summed E-state index contributed by atoms with van der Waals surface area (Å²) < 4.78 is 7.77. The highest BCUT2D eigenvalue weighted by molar-refractivity contribution is 5.96. The number of carbonyl (C=O) groups is 1.